The van der Waals surface area contributed by atoms with Gasteiger partial charge in [-0.2, -0.15) is 0 Å². The van der Waals surface area contributed by atoms with Crippen LogP contribution < -0.4 is 5.32 Å². The van der Waals surface area contributed by atoms with Crippen LogP contribution in [0, 0.1) is 5.92 Å². The number of hydrogen-bond acceptors (Lipinski definition) is 3. The van der Waals surface area contributed by atoms with Gasteiger partial charge in [0.25, 0.3) is 0 Å². The molecule has 1 atom stereocenters. The third kappa shape index (κ3) is 2.80. The van der Waals surface area contributed by atoms with E-state index >= 15 is 0 Å². The molecule has 1 N–H and O–H groups in total. The summed E-state index contributed by atoms with van der Waals surface area (Å²) in [5.74, 6) is 0.208. The first kappa shape index (κ1) is 11.5. The van der Waals surface area contributed by atoms with Gasteiger partial charge in [-0.15, -0.1) is 0 Å². The zero-order valence-corrected chi connectivity index (χ0v) is 10.7. The molecule has 1 aliphatic heterocycles. The van der Waals surface area contributed by atoms with E-state index in [0.717, 1.165) is 29.8 Å². The zero-order valence-electron chi connectivity index (χ0n) is 9.11. The molecule has 2 heterocycles. The second kappa shape index (κ2) is 4.93. The fraction of sp³-hybridized carbons (Fsp3) is 0.455. The summed E-state index contributed by atoms with van der Waals surface area (Å²) < 4.78 is 0.730. The molecule has 1 aliphatic rings. The topological polar surface area (TPSA) is 45.2 Å². The van der Waals surface area contributed by atoms with Gasteiger partial charge in [0.15, 0.2) is 0 Å². The number of rotatable bonds is 2. The maximum atomic E-state index is 11.9. The summed E-state index contributed by atoms with van der Waals surface area (Å²) in [6, 6.07) is 3.60. The van der Waals surface area contributed by atoms with Crippen LogP contribution in [0.1, 0.15) is 6.42 Å². The van der Waals surface area contributed by atoms with Crippen LogP contribution in [0.3, 0.4) is 0 Å². The Morgan fingerprint density at radius 1 is 1.69 bits per heavy atom. The maximum absolute atomic E-state index is 11.9. The van der Waals surface area contributed by atoms with Crippen LogP contribution >= 0.6 is 15.9 Å². The Morgan fingerprint density at radius 2 is 2.50 bits per heavy atom. The highest BCUT2D eigenvalue weighted by Crippen LogP contribution is 2.18. The van der Waals surface area contributed by atoms with E-state index in [-0.39, 0.29) is 11.8 Å². The van der Waals surface area contributed by atoms with Crippen LogP contribution in [0.4, 0.5) is 5.69 Å². The van der Waals surface area contributed by atoms with Gasteiger partial charge in [-0.3, -0.25) is 4.79 Å². The fourth-order valence-electron chi connectivity index (χ4n) is 1.87. The fourth-order valence-corrected chi connectivity index (χ4v) is 2.24. The highest BCUT2D eigenvalue weighted by atomic mass is 79.9. The highest BCUT2D eigenvalue weighted by molar-refractivity contribution is 9.10. The van der Waals surface area contributed by atoms with Crippen LogP contribution in [0.25, 0.3) is 0 Å². The second-order valence-corrected chi connectivity index (χ2v) is 4.92. The Bertz CT molecular complexity index is 397. The van der Waals surface area contributed by atoms with Crippen molar-refractivity contribution in [3.63, 3.8) is 0 Å². The number of amides is 1. The quantitative estimate of drug-likeness (QED) is 0.841. The summed E-state index contributed by atoms with van der Waals surface area (Å²) in [7, 11) is 2.04. The number of carbonyl (C=O) groups excluding carboxylic acids is 1. The van der Waals surface area contributed by atoms with Gasteiger partial charge in [-0.1, -0.05) is 0 Å². The minimum absolute atomic E-state index is 0.0995. The monoisotopic (exact) mass is 283 g/mol. The third-order valence-electron chi connectivity index (χ3n) is 2.76. The Balaban J connectivity index is 1.97. The third-order valence-corrected chi connectivity index (χ3v) is 3.19. The molecule has 4 nitrogen and oxygen atoms in total. The molecule has 1 saturated heterocycles. The van der Waals surface area contributed by atoms with Crippen molar-refractivity contribution in [1.82, 2.24) is 9.88 Å². The first-order chi connectivity index (χ1) is 7.65. The smallest absolute Gasteiger partial charge is 0.228 e. The number of halogens is 1. The van der Waals surface area contributed by atoms with Crippen molar-refractivity contribution in [3.05, 3.63) is 22.9 Å². The van der Waals surface area contributed by atoms with E-state index in [2.05, 4.69) is 31.1 Å². The van der Waals surface area contributed by atoms with Crippen LogP contribution in [0.15, 0.2) is 22.9 Å². The van der Waals surface area contributed by atoms with Gasteiger partial charge in [0.2, 0.25) is 5.91 Å². The molecule has 1 aromatic rings. The number of carbonyl (C=O) groups is 1. The van der Waals surface area contributed by atoms with Gasteiger partial charge in [0.05, 0.1) is 5.92 Å². The molecule has 0 aromatic carbocycles. The predicted octanol–water partition coefficient (Wildman–Crippen LogP) is 1.73. The Hall–Kier alpha value is -0.940. The number of likely N-dealkylation sites (tertiary alicyclic amines) is 1. The Morgan fingerprint density at radius 3 is 3.12 bits per heavy atom. The van der Waals surface area contributed by atoms with Gasteiger partial charge in [0.1, 0.15) is 4.60 Å². The minimum atomic E-state index is 0.0995. The van der Waals surface area contributed by atoms with Crippen LogP contribution in [0.2, 0.25) is 0 Å². The second-order valence-electron chi connectivity index (χ2n) is 4.10. The van der Waals surface area contributed by atoms with E-state index in [1.165, 1.54) is 0 Å². The normalized spacial score (nSPS) is 21.0. The van der Waals surface area contributed by atoms with E-state index in [0.29, 0.717) is 0 Å². The average molecular weight is 284 g/mol. The van der Waals surface area contributed by atoms with E-state index in [9.17, 15) is 4.79 Å². The number of anilines is 1. The molecule has 0 bridgehead atoms. The SMILES string of the molecule is CN1CCC(C(=O)Nc2ccnc(Br)c2)C1. The summed E-state index contributed by atoms with van der Waals surface area (Å²) in [4.78, 5) is 18.1. The summed E-state index contributed by atoms with van der Waals surface area (Å²) >= 11 is 3.27. The van der Waals surface area contributed by atoms with E-state index in [1.54, 1.807) is 18.3 Å². The van der Waals surface area contributed by atoms with Gasteiger partial charge >= 0.3 is 0 Å². The minimum Gasteiger partial charge on any atom is -0.326 e. The van der Waals surface area contributed by atoms with Crippen LogP contribution in [-0.2, 0) is 4.79 Å². The molecule has 0 radical (unpaired) electrons. The number of nitrogens with one attached hydrogen (secondary N) is 1. The standard InChI is InChI=1S/C11H14BrN3O/c1-15-5-3-8(7-15)11(16)14-9-2-4-13-10(12)6-9/h2,4,6,8H,3,5,7H2,1H3,(H,13,14,16). The molecule has 0 spiro atoms. The molecule has 1 aromatic heterocycles. The number of nitrogens with zero attached hydrogens (tertiary/aromatic N) is 2. The molecule has 16 heavy (non-hydrogen) atoms. The predicted molar refractivity (Wildman–Crippen MR) is 66.2 cm³/mol. The highest BCUT2D eigenvalue weighted by Gasteiger charge is 2.25. The summed E-state index contributed by atoms with van der Waals surface area (Å²) in [6.45, 7) is 1.84. The summed E-state index contributed by atoms with van der Waals surface area (Å²) in [5, 5.41) is 2.91. The lowest BCUT2D eigenvalue weighted by atomic mass is 10.1. The van der Waals surface area contributed by atoms with Crippen molar-refractivity contribution >= 4 is 27.5 Å². The van der Waals surface area contributed by atoms with E-state index < -0.39 is 0 Å². The lowest BCUT2D eigenvalue weighted by molar-refractivity contribution is -0.119. The van der Waals surface area contributed by atoms with Gasteiger partial charge in [-0.05, 0) is 48.1 Å². The average Bonchev–Trinajstić information content (AvgIpc) is 2.65. The Labute approximate surface area is 103 Å². The molecule has 0 aliphatic carbocycles. The first-order valence-electron chi connectivity index (χ1n) is 5.26. The van der Waals surface area contributed by atoms with Crippen molar-refractivity contribution in [2.75, 3.05) is 25.5 Å². The molecular formula is C11H14BrN3O. The van der Waals surface area contributed by atoms with Crippen molar-refractivity contribution in [2.45, 2.75) is 6.42 Å². The Kier molecular flexibility index (Phi) is 3.56. The molecule has 0 saturated carbocycles. The molecular weight excluding hydrogens is 270 g/mol. The number of hydrogen-bond donors (Lipinski definition) is 1. The van der Waals surface area contributed by atoms with Crippen molar-refractivity contribution < 1.29 is 4.79 Å². The van der Waals surface area contributed by atoms with Crippen LogP contribution in [0.5, 0.6) is 0 Å². The number of pyridine rings is 1. The van der Waals surface area contributed by atoms with E-state index in [1.807, 2.05) is 7.05 Å². The molecule has 1 amide bonds. The van der Waals surface area contributed by atoms with Crippen molar-refractivity contribution in [3.8, 4) is 0 Å². The van der Waals surface area contributed by atoms with Crippen molar-refractivity contribution in [1.29, 1.82) is 0 Å². The molecule has 1 fully saturated rings. The number of aromatic nitrogens is 1. The maximum Gasteiger partial charge on any atom is 0.228 e. The van der Waals surface area contributed by atoms with Gasteiger partial charge in [-0.25, -0.2) is 4.98 Å². The lowest BCUT2D eigenvalue weighted by Gasteiger charge is -2.11. The van der Waals surface area contributed by atoms with Gasteiger partial charge in [0, 0.05) is 18.4 Å². The summed E-state index contributed by atoms with van der Waals surface area (Å²) in [5.41, 5.74) is 0.793. The van der Waals surface area contributed by atoms with E-state index in [4.69, 9.17) is 0 Å². The molecule has 1 unspecified atom stereocenters. The lowest BCUT2D eigenvalue weighted by Crippen LogP contribution is -2.25. The molecule has 86 valence electrons. The zero-order chi connectivity index (χ0) is 11.5. The molecule has 5 heteroatoms. The van der Waals surface area contributed by atoms with Crippen molar-refractivity contribution in [2.24, 2.45) is 5.92 Å². The first-order valence-corrected chi connectivity index (χ1v) is 6.05. The summed E-state index contributed by atoms with van der Waals surface area (Å²) in [6.07, 6.45) is 2.61. The largest absolute Gasteiger partial charge is 0.326 e. The van der Waals surface area contributed by atoms with Gasteiger partial charge < -0.3 is 10.2 Å². The van der Waals surface area contributed by atoms with Crippen LogP contribution in [-0.4, -0.2) is 35.9 Å². The molecule has 2 rings (SSSR count).